The van der Waals surface area contributed by atoms with E-state index < -0.39 is 17.9 Å². The lowest BCUT2D eigenvalue weighted by atomic mass is 10.1. The number of nitrogens with one attached hydrogen (secondary N) is 2. The first-order chi connectivity index (χ1) is 15.1. The smallest absolute Gasteiger partial charge is 0.135 e. The molecule has 1 fully saturated rings. The lowest BCUT2D eigenvalue weighted by Crippen LogP contribution is -2.36. The Balaban J connectivity index is 1.49. The van der Waals surface area contributed by atoms with E-state index in [1.165, 1.54) is 24.3 Å². The molecule has 7 nitrogen and oxygen atoms in total. The van der Waals surface area contributed by atoms with Crippen molar-refractivity contribution in [3.63, 3.8) is 0 Å². The first kappa shape index (κ1) is 19.8. The number of halogens is 2. The lowest BCUT2D eigenvalue weighted by Gasteiger charge is -2.28. The van der Waals surface area contributed by atoms with Crippen LogP contribution in [-0.4, -0.2) is 41.4 Å². The van der Waals surface area contributed by atoms with E-state index in [1.807, 2.05) is 12.1 Å². The molecule has 4 heterocycles. The molecule has 2 aliphatic heterocycles. The maximum Gasteiger partial charge on any atom is 0.135 e. The van der Waals surface area contributed by atoms with Crippen molar-refractivity contribution in [2.24, 2.45) is 0 Å². The second-order valence-corrected chi connectivity index (χ2v) is 7.42. The average Bonchev–Trinajstić information content (AvgIpc) is 3.16. The first-order valence-electron chi connectivity index (χ1n) is 10.1. The summed E-state index contributed by atoms with van der Waals surface area (Å²) in [5.41, 5.74) is 2.50. The first-order valence-corrected chi connectivity index (χ1v) is 10.1. The van der Waals surface area contributed by atoms with Gasteiger partial charge in [-0.05, 0) is 30.3 Å². The van der Waals surface area contributed by atoms with Gasteiger partial charge in [0, 0.05) is 25.2 Å². The number of aromatic nitrogens is 2. The van der Waals surface area contributed by atoms with Crippen LogP contribution in [0.3, 0.4) is 0 Å². The number of aliphatic hydroxyl groups is 1. The van der Waals surface area contributed by atoms with Crippen LogP contribution in [0.1, 0.15) is 17.5 Å². The number of ether oxygens (including phenoxy) is 1. The van der Waals surface area contributed by atoms with Gasteiger partial charge in [0.2, 0.25) is 0 Å². The Morgan fingerprint density at radius 1 is 1.13 bits per heavy atom. The maximum absolute atomic E-state index is 14.4. The summed E-state index contributed by atoms with van der Waals surface area (Å²) in [7, 11) is 0. The van der Waals surface area contributed by atoms with Gasteiger partial charge in [-0.2, -0.15) is 0 Å². The number of benzene rings is 1. The van der Waals surface area contributed by atoms with Gasteiger partial charge in [-0.25, -0.2) is 13.8 Å². The van der Waals surface area contributed by atoms with Crippen LogP contribution < -0.4 is 15.5 Å². The summed E-state index contributed by atoms with van der Waals surface area (Å²) < 4.78 is 34.1. The molecule has 1 saturated heterocycles. The molecule has 9 heteroatoms. The zero-order valence-corrected chi connectivity index (χ0v) is 16.6. The molecular formula is C22H21F2N5O2. The summed E-state index contributed by atoms with van der Waals surface area (Å²) in [6.45, 7) is 3.27. The molecule has 0 amide bonds. The Labute approximate surface area is 177 Å². The van der Waals surface area contributed by atoms with Gasteiger partial charge in [-0.1, -0.05) is 6.07 Å². The van der Waals surface area contributed by atoms with Crippen LogP contribution in [0.4, 0.5) is 26.0 Å². The number of fused-ring (bicyclic) bond motifs is 1. The number of hydrogen-bond acceptors (Lipinski definition) is 7. The predicted octanol–water partition coefficient (Wildman–Crippen LogP) is 3.10. The normalized spacial score (nSPS) is 18.2. The van der Waals surface area contributed by atoms with E-state index in [2.05, 4.69) is 25.5 Å². The van der Waals surface area contributed by atoms with E-state index in [4.69, 9.17) is 4.74 Å². The minimum Gasteiger partial charge on any atom is -0.378 e. The third-order valence-corrected chi connectivity index (χ3v) is 5.48. The van der Waals surface area contributed by atoms with Gasteiger partial charge in [0.25, 0.3) is 0 Å². The molecule has 1 aromatic carbocycles. The highest BCUT2D eigenvalue weighted by molar-refractivity contribution is 5.72. The Hall–Kier alpha value is -3.14. The fourth-order valence-corrected chi connectivity index (χ4v) is 3.92. The van der Waals surface area contributed by atoms with Crippen molar-refractivity contribution in [1.82, 2.24) is 15.3 Å². The van der Waals surface area contributed by atoms with Crippen molar-refractivity contribution in [3.05, 3.63) is 65.5 Å². The van der Waals surface area contributed by atoms with E-state index in [0.717, 1.165) is 18.8 Å². The van der Waals surface area contributed by atoms with Crippen molar-refractivity contribution in [2.45, 2.75) is 12.8 Å². The molecular weight excluding hydrogens is 404 g/mol. The molecule has 0 bridgehead atoms. The van der Waals surface area contributed by atoms with Gasteiger partial charge < -0.3 is 20.1 Å². The predicted molar refractivity (Wildman–Crippen MR) is 112 cm³/mol. The third kappa shape index (κ3) is 3.83. The summed E-state index contributed by atoms with van der Waals surface area (Å²) in [6.07, 6.45) is 0.832. The zero-order valence-electron chi connectivity index (χ0n) is 16.6. The quantitative estimate of drug-likeness (QED) is 0.593. The molecule has 3 aromatic rings. The van der Waals surface area contributed by atoms with Crippen LogP contribution in [0.25, 0.3) is 11.3 Å². The molecule has 160 valence electrons. The van der Waals surface area contributed by atoms with Crippen LogP contribution in [0, 0.1) is 11.6 Å². The van der Waals surface area contributed by atoms with Crippen LogP contribution in [0.15, 0.2) is 42.6 Å². The lowest BCUT2D eigenvalue weighted by molar-refractivity contribution is 0.122. The molecule has 1 unspecified atom stereocenters. The highest BCUT2D eigenvalue weighted by atomic mass is 19.1. The largest absolute Gasteiger partial charge is 0.378 e. The average molecular weight is 425 g/mol. The van der Waals surface area contributed by atoms with E-state index in [-0.39, 0.29) is 11.3 Å². The number of nitrogens with zero attached hydrogens (tertiary/aromatic N) is 3. The van der Waals surface area contributed by atoms with E-state index in [9.17, 15) is 13.9 Å². The van der Waals surface area contributed by atoms with Gasteiger partial charge in [0.15, 0.2) is 0 Å². The molecule has 2 aliphatic rings. The SMILES string of the molecule is OC1NCc2nc(-c3c(F)cccc3F)cc(Nc3ccc(N4CCOCC4)cn3)c21. The fraction of sp³-hybridized carbons (Fsp3) is 0.273. The van der Waals surface area contributed by atoms with Gasteiger partial charge in [-0.3, -0.25) is 10.3 Å². The summed E-state index contributed by atoms with van der Waals surface area (Å²) >= 11 is 0. The number of anilines is 3. The molecule has 31 heavy (non-hydrogen) atoms. The number of rotatable bonds is 4. The van der Waals surface area contributed by atoms with Crippen molar-refractivity contribution < 1.29 is 18.6 Å². The van der Waals surface area contributed by atoms with E-state index in [1.54, 1.807) is 6.20 Å². The number of pyridine rings is 2. The van der Waals surface area contributed by atoms with E-state index in [0.29, 0.717) is 42.5 Å². The summed E-state index contributed by atoms with van der Waals surface area (Å²) in [6, 6.07) is 9.02. The topological polar surface area (TPSA) is 82.5 Å². The molecule has 0 aliphatic carbocycles. The molecule has 5 rings (SSSR count). The fourth-order valence-electron chi connectivity index (χ4n) is 3.92. The van der Waals surface area contributed by atoms with Gasteiger partial charge in [-0.15, -0.1) is 0 Å². The van der Waals surface area contributed by atoms with Crippen LogP contribution in [-0.2, 0) is 11.3 Å². The highest BCUT2D eigenvalue weighted by Gasteiger charge is 2.27. The zero-order chi connectivity index (χ0) is 21.4. The Kier molecular flexibility index (Phi) is 5.23. The minimum atomic E-state index is -0.933. The van der Waals surface area contributed by atoms with Crippen molar-refractivity contribution in [3.8, 4) is 11.3 Å². The molecule has 0 radical (unpaired) electrons. The summed E-state index contributed by atoms with van der Waals surface area (Å²) in [5, 5.41) is 16.4. The van der Waals surface area contributed by atoms with E-state index >= 15 is 0 Å². The molecule has 0 spiro atoms. The third-order valence-electron chi connectivity index (χ3n) is 5.48. The Morgan fingerprint density at radius 3 is 2.61 bits per heavy atom. The highest BCUT2D eigenvalue weighted by Crippen LogP contribution is 2.36. The molecule has 1 atom stereocenters. The number of morpholine rings is 1. The number of aliphatic hydroxyl groups excluding tert-OH is 1. The maximum atomic E-state index is 14.4. The molecule has 3 N–H and O–H groups in total. The van der Waals surface area contributed by atoms with Crippen LogP contribution in [0.5, 0.6) is 0 Å². The van der Waals surface area contributed by atoms with Crippen molar-refractivity contribution >= 4 is 17.2 Å². The van der Waals surface area contributed by atoms with Gasteiger partial charge in [0.1, 0.15) is 23.7 Å². The summed E-state index contributed by atoms with van der Waals surface area (Å²) in [4.78, 5) is 11.1. The van der Waals surface area contributed by atoms with Crippen LogP contribution in [0.2, 0.25) is 0 Å². The van der Waals surface area contributed by atoms with Crippen molar-refractivity contribution in [2.75, 3.05) is 36.5 Å². The van der Waals surface area contributed by atoms with Gasteiger partial charge >= 0.3 is 0 Å². The second kappa shape index (κ2) is 8.18. The molecule has 0 saturated carbocycles. The molecule has 2 aromatic heterocycles. The second-order valence-electron chi connectivity index (χ2n) is 7.42. The Bertz CT molecular complexity index is 1080. The Morgan fingerprint density at radius 2 is 1.90 bits per heavy atom. The summed E-state index contributed by atoms with van der Waals surface area (Å²) in [5.74, 6) is -0.847. The van der Waals surface area contributed by atoms with Crippen LogP contribution >= 0.6 is 0 Å². The number of hydrogen-bond donors (Lipinski definition) is 3. The standard InChI is InChI=1S/C22H21F2N5O2/c23-14-2-1-3-15(24)20(14)16-10-17(21-18(27-16)12-26-22(21)30)28-19-5-4-13(11-25-19)29-6-8-31-9-7-29/h1-5,10-11,22,26,30H,6-9,12H2,(H,25,27,28). The monoisotopic (exact) mass is 425 g/mol. The minimum absolute atomic E-state index is 0.151. The van der Waals surface area contributed by atoms with Gasteiger partial charge in [0.05, 0.1) is 47.7 Å². The van der Waals surface area contributed by atoms with Crippen molar-refractivity contribution in [1.29, 1.82) is 0 Å².